The molecule has 1 atom stereocenters. The first-order valence-electron chi connectivity index (χ1n) is 30.0. The van der Waals surface area contributed by atoms with Gasteiger partial charge in [0.15, 0.2) is 23.9 Å². The second-order valence-corrected chi connectivity index (χ2v) is 30.0. The average Bonchev–Trinajstić information content (AvgIpc) is 2.02. The summed E-state index contributed by atoms with van der Waals surface area (Å²) in [5, 5.41) is 8.64. The van der Waals surface area contributed by atoms with E-state index in [1.54, 1.807) is 0 Å². The molecular weight excluding hydrogens is 1030 g/mol. The summed E-state index contributed by atoms with van der Waals surface area (Å²) in [6, 6.07) is 85.7. The van der Waals surface area contributed by atoms with E-state index in [-0.39, 0.29) is 13.3 Å². The number of ether oxygens (including phenoxy) is 2. The van der Waals surface area contributed by atoms with Crippen molar-refractivity contribution in [3.05, 3.63) is 264 Å². The van der Waals surface area contributed by atoms with Crippen LogP contribution in [0, 0.1) is 13.8 Å². The summed E-state index contributed by atoms with van der Waals surface area (Å²) in [6.07, 6.45) is 18.4. The maximum atomic E-state index is 7.51. The van der Waals surface area contributed by atoms with Gasteiger partial charge in [-0.3, -0.25) is 0 Å². The number of rotatable bonds is 22. The Balaban J connectivity index is 0.00000705. The minimum atomic E-state index is -2.05. The molecule has 6 heteroatoms. The highest BCUT2D eigenvalue weighted by Crippen LogP contribution is 2.59. The Kier molecular flexibility index (Phi) is 17.3. The second-order valence-electron chi connectivity index (χ2n) is 22.8. The van der Waals surface area contributed by atoms with Crippen LogP contribution in [0.25, 0.3) is 0 Å². The van der Waals surface area contributed by atoms with Crippen LogP contribution < -0.4 is 41.3 Å². The largest absolute Gasteiger partial charge is 0.715 e. The number of unbranched alkanes of at least 4 members (excludes halogenated alkanes) is 2. The van der Waals surface area contributed by atoms with Crippen molar-refractivity contribution in [1.82, 2.24) is 0 Å². The summed E-state index contributed by atoms with van der Waals surface area (Å²) in [4.78, 5) is 0. The molecule has 9 aromatic rings. The van der Waals surface area contributed by atoms with E-state index in [0.717, 1.165) is 83.1 Å². The normalized spacial score (nSPS) is 15.0. The fraction of sp³-hybridized carbons (Fsp3) is 0.263. The van der Waals surface area contributed by atoms with Crippen molar-refractivity contribution in [3.63, 3.8) is 0 Å². The molecule has 414 valence electrons. The number of hydrogen-bond acceptors (Lipinski definition) is 2. The Morgan fingerprint density at radius 1 is 0.378 bits per heavy atom. The SMILES string of the molecule is C.CCCCC(CCCC)c1cc(C)c2c(c1)C=[N+]1c3ccccc3[N+]3=Cc4cc(C(CCC[P+](c5ccccc5)(c5ccccc5)c5ccccc5)CCC[P+](c5ccccc5)(c5ccccc5)c5ccccc5)cc(C)c4OC13O2. The number of fused-ring (bicyclic) bond motifs is 5. The van der Waals surface area contributed by atoms with Crippen molar-refractivity contribution in [1.29, 1.82) is 0 Å². The van der Waals surface area contributed by atoms with Gasteiger partial charge in [0.2, 0.25) is 0 Å². The molecule has 1 unspecified atom stereocenters. The smallest absolute Gasteiger partial charge is 0.340 e. The zero-order valence-corrected chi connectivity index (χ0v) is 49.6. The molecule has 12 rings (SSSR count). The van der Waals surface area contributed by atoms with Crippen LogP contribution in [-0.2, 0) is 0 Å². The summed E-state index contributed by atoms with van der Waals surface area (Å²) in [6.45, 7) is 9.09. The first kappa shape index (κ1) is 56.6. The quantitative estimate of drug-likeness (QED) is 0.0499. The van der Waals surface area contributed by atoms with Crippen molar-refractivity contribution in [2.24, 2.45) is 0 Å². The third-order valence-electron chi connectivity index (χ3n) is 17.7. The van der Waals surface area contributed by atoms with Crippen LogP contribution in [0.15, 0.2) is 231 Å². The summed E-state index contributed by atoms with van der Waals surface area (Å²) in [5.74, 6) is 2.59. The molecule has 3 aliphatic heterocycles. The molecule has 0 saturated carbocycles. The Hall–Kier alpha value is -7.22. The molecule has 3 aliphatic rings. The molecule has 0 fully saturated rings. The van der Waals surface area contributed by atoms with E-state index in [4.69, 9.17) is 9.47 Å². The van der Waals surface area contributed by atoms with E-state index in [1.807, 2.05) is 0 Å². The lowest BCUT2D eigenvalue weighted by molar-refractivity contribution is -0.831. The summed E-state index contributed by atoms with van der Waals surface area (Å²) in [7, 11) is -4.11. The standard InChI is InChI=1S/C75H78N2O2P2.CH4/c1-5-7-31-59(32-8-6-2)61-51-57(3)73-63(53-61)55-76-71-47-27-28-48-72(71)77-56-64-54-62(52-58(4)74(64)79-75(76,77)78-73)60(33-29-49-80(65-35-15-9-16-36-65,66-37-17-10-18-38-66)67-39-19-11-20-40-67)34-30-50-81(68-41-21-12-22-42-68,69-43-23-13-24-44-69)70-45-25-14-26-46-70;/h9-28,35-48,51-56,59-60H,5-8,29-34,49-50H2,1-4H3;1H4/q+4;. The van der Waals surface area contributed by atoms with E-state index in [2.05, 4.69) is 280 Å². The number of hydrogen-bond donors (Lipinski definition) is 0. The summed E-state index contributed by atoms with van der Waals surface area (Å²) >= 11 is 0. The molecule has 0 aliphatic carbocycles. The van der Waals surface area contributed by atoms with Crippen LogP contribution in [0.5, 0.6) is 11.5 Å². The highest BCUT2D eigenvalue weighted by molar-refractivity contribution is 7.96. The highest BCUT2D eigenvalue weighted by Gasteiger charge is 2.72. The van der Waals surface area contributed by atoms with Crippen molar-refractivity contribution in [2.75, 3.05) is 12.3 Å². The van der Waals surface area contributed by atoms with Crippen molar-refractivity contribution in [3.8, 4) is 11.5 Å². The third-order valence-corrected chi connectivity index (χ3v) is 26.7. The first-order valence-corrected chi connectivity index (χ1v) is 34.0. The zero-order chi connectivity index (χ0) is 55.2. The van der Waals surface area contributed by atoms with Crippen molar-refractivity contribution < 1.29 is 18.6 Å². The molecule has 0 N–H and O–H groups in total. The van der Waals surface area contributed by atoms with Crippen LogP contribution in [0.4, 0.5) is 11.4 Å². The fourth-order valence-corrected chi connectivity index (χ4v) is 22.5. The van der Waals surface area contributed by atoms with E-state index >= 15 is 0 Å². The van der Waals surface area contributed by atoms with Gasteiger partial charge < -0.3 is 9.47 Å². The molecule has 0 radical (unpaired) electrons. The van der Waals surface area contributed by atoms with E-state index in [1.165, 1.54) is 81.5 Å². The Morgan fingerprint density at radius 3 is 0.951 bits per heavy atom. The fourth-order valence-electron chi connectivity index (χ4n) is 13.7. The van der Waals surface area contributed by atoms with Crippen LogP contribution >= 0.6 is 14.5 Å². The lowest BCUT2D eigenvalue weighted by Crippen LogP contribution is -2.59. The van der Waals surface area contributed by atoms with Crippen molar-refractivity contribution in [2.45, 2.75) is 117 Å². The highest BCUT2D eigenvalue weighted by atomic mass is 31.2. The molecule has 3 heterocycles. The van der Waals surface area contributed by atoms with E-state index in [0.29, 0.717) is 5.92 Å². The topological polar surface area (TPSA) is 24.5 Å². The van der Waals surface area contributed by atoms with Gasteiger partial charge in [0.05, 0.1) is 23.5 Å². The maximum Gasteiger partial charge on any atom is 0.715 e. The van der Waals surface area contributed by atoms with Gasteiger partial charge in [-0.05, 0) is 181 Å². The molecule has 82 heavy (non-hydrogen) atoms. The van der Waals surface area contributed by atoms with E-state index < -0.39 is 20.6 Å². The van der Waals surface area contributed by atoms with Gasteiger partial charge in [-0.1, -0.05) is 180 Å². The number of para-hydroxylation sites is 2. The molecule has 0 aromatic heterocycles. The van der Waals surface area contributed by atoms with Crippen LogP contribution in [0.1, 0.15) is 131 Å². The first-order chi connectivity index (χ1) is 39.9. The lowest BCUT2D eigenvalue weighted by Gasteiger charge is -2.30. The third kappa shape index (κ3) is 10.6. The predicted molar refractivity (Wildman–Crippen MR) is 353 cm³/mol. The van der Waals surface area contributed by atoms with Gasteiger partial charge in [-0.15, -0.1) is 0 Å². The summed E-state index contributed by atoms with van der Waals surface area (Å²) in [5.41, 5.74) is 9.44. The van der Waals surface area contributed by atoms with Crippen LogP contribution in [-0.4, -0.2) is 39.9 Å². The molecule has 0 amide bonds. The van der Waals surface area contributed by atoms with Crippen molar-refractivity contribution >= 4 is 70.2 Å². The summed E-state index contributed by atoms with van der Waals surface area (Å²) < 4.78 is 19.4. The van der Waals surface area contributed by atoms with Gasteiger partial charge in [0.1, 0.15) is 46.4 Å². The maximum absolute atomic E-state index is 7.51. The van der Waals surface area contributed by atoms with Gasteiger partial charge in [-0.25, -0.2) is 0 Å². The zero-order valence-electron chi connectivity index (χ0n) is 47.8. The molecule has 0 saturated heterocycles. The lowest BCUT2D eigenvalue weighted by atomic mass is 9.87. The second kappa shape index (κ2) is 25.1. The number of aryl methyl sites for hydroxylation is 2. The van der Waals surface area contributed by atoms with Crippen LogP contribution in [0.3, 0.4) is 0 Å². The molecule has 1 spiro atoms. The Bertz CT molecular complexity index is 3330. The van der Waals surface area contributed by atoms with Crippen LogP contribution in [0.2, 0.25) is 0 Å². The Morgan fingerprint density at radius 2 is 0.659 bits per heavy atom. The monoisotopic (exact) mass is 1120 g/mol. The average molecular weight is 1120 g/mol. The van der Waals surface area contributed by atoms with Gasteiger partial charge in [-0.2, -0.15) is 0 Å². The molecule has 9 aromatic carbocycles. The number of nitrogens with zero attached hydrogens (tertiary/aromatic N) is 2. The minimum absolute atomic E-state index is 0. The molecule has 0 bridgehead atoms. The van der Waals surface area contributed by atoms with E-state index in [9.17, 15) is 0 Å². The minimum Gasteiger partial charge on any atom is -0.340 e. The number of benzene rings is 9. The molecule has 4 nitrogen and oxygen atoms in total. The molecular formula is C76H82N2O2P2+4. The Labute approximate surface area is 491 Å². The van der Waals surface area contributed by atoms with Gasteiger partial charge >= 0.3 is 6.03 Å². The van der Waals surface area contributed by atoms with Gasteiger partial charge in [0, 0.05) is 12.1 Å². The van der Waals surface area contributed by atoms with Gasteiger partial charge in [0.25, 0.3) is 11.4 Å². The predicted octanol–water partition coefficient (Wildman–Crippen LogP) is 17.0.